The van der Waals surface area contributed by atoms with Crippen LogP contribution >= 0.6 is 27.5 Å². The minimum atomic E-state index is -0.0220. The summed E-state index contributed by atoms with van der Waals surface area (Å²) in [5, 5.41) is 3.72. The lowest BCUT2D eigenvalue weighted by atomic mass is 9.87. The summed E-state index contributed by atoms with van der Waals surface area (Å²) in [5.74, 6) is 0.765. The van der Waals surface area contributed by atoms with E-state index < -0.39 is 0 Å². The van der Waals surface area contributed by atoms with Crippen LogP contribution in [0, 0.1) is 13.8 Å². The van der Waals surface area contributed by atoms with E-state index in [9.17, 15) is 4.79 Å². The number of rotatable bonds is 6. The van der Waals surface area contributed by atoms with Crippen LogP contribution in [-0.2, 0) is 10.2 Å². The average Bonchev–Trinajstić information content (AvgIpc) is 2.57. The molecule has 0 atom stereocenters. The van der Waals surface area contributed by atoms with E-state index in [1.165, 1.54) is 5.56 Å². The van der Waals surface area contributed by atoms with Gasteiger partial charge in [-0.1, -0.05) is 38.4 Å². The summed E-state index contributed by atoms with van der Waals surface area (Å²) in [6.07, 6.45) is 1.04. The van der Waals surface area contributed by atoms with Crippen molar-refractivity contribution in [2.24, 2.45) is 0 Å². The lowest BCUT2D eigenvalue weighted by Gasteiger charge is -2.20. The molecular formula is C22H27BrClNO2. The molecular weight excluding hydrogens is 426 g/mol. The molecule has 0 saturated carbocycles. The van der Waals surface area contributed by atoms with Gasteiger partial charge in [-0.05, 0) is 82.6 Å². The summed E-state index contributed by atoms with van der Waals surface area (Å²) in [6.45, 7) is 10.9. The van der Waals surface area contributed by atoms with Crippen LogP contribution in [0.3, 0.4) is 0 Å². The van der Waals surface area contributed by atoms with Gasteiger partial charge in [-0.15, -0.1) is 0 Å². The Morgan fingerprint density at radius 1 is 1.15 bits per heavy atom. The summed E-state index contributed by atoms with van der Waals surface area (Å²) in [6, 6.07) is 9.89. The number of carbonyl (C=O) groups excluding carboxylic acids is 1. The number of anilines is 1. The van der Waals surface area contributed by atoms with E-state index >= 15 is 0 Å². The molecule has 0 aromatic heterocycles. The summed E-state index contributed by atoms with van der Waals surface area (Å²) < 4.78 is 6.65. The Kier molecular flexibility index (Phi) is 7.35. The Morgan fingerprint density at radius 2 is 1.78 bits per heavy atom. The van der Waals surface area contributed by atoms with Crippen molar-refractivity contribution < 1.29 is 9.53 Å². The van der Waals surface area contributed by atoms with Crippen molar-refractivity contribution >= 4 is 39.1 Å². The van der Waals surface area contributed by atoms with Crippen LogP contribution in [0.4, 0.5) is 5.69 Å². The Hall–Kier alpha value is -1.52. The summed E-state index contributed by atoms with van der Waals surface area (Å²) >= 11 is 9.71. The number of benzene rings is 2. The van der Waals surface area contributed by atoms with Crippen molar-refractivity contribution in [3.8, 4) is 5.75 Å². The molecule has 2 rings (SSSR count). The highest BCUT2D eigenvalue weighted by Gasteiger charge is 2.15. The van der Waals surface area contributed by atoms with Gasteiger partial charge in [-0.25, -0.2) is 0 Å². The minimum absolute atomic E-state index is 0.0220. The van der Waals surface area contributed by atoms with E-state index in [0.29, 0.717) is 19.4 Å². The molecule has 0 fully saturated rings. The van der Waals surface area contributed by atoms with Crippen LogP contribution < -0.4 is 10.1 Å². The molecule has 5 heteroatoms. The van der Waals surface area contributed by atoms with E-state index in [-0.39, 0.29) is 11.3 Å². The number of halogens is 2. The number of ether oxygens (including phenoxy) is 1. The second-order valence-electron chi connectivity index (χ2n) is 7.82. The number of hydrogen-bond acceptors (Lipinski definition) is 2. The van der Waals surface area contributed by atoms with Crippen LogP contribution in [0.2, 0.25) is 5.02 Å². The molecule has 0 spiro atoms. The smallest absolute Gasteiger partial charge is 0.224 e. The minimum Gasteiger partial charge on any atom is -0.494 e. The molecule has 2 aromatic rings. The van der Waals surface area contributed by atoms with Gasteiger partial charge in [0.2, 0.25) is 5.91 Å². The van der Waals surface area contributed by atoms with Gasteiger partial charge in [0.15, 0.2) is 0 Å². The van der Waals surface area contributed by atoms with Gasteiger partial charge in [-0.2, -0.15) is 0 Å². The van der Waals surface area contributed by atoms with E-state index in [1.54, 1.807) is 0 Å². The van der Waals surface area contributed by atoms with Crippen LogP contribution in [0.15, 0.2) is 34.8 Å². The zero-order valence-electron chi connectivity index (χ0n) is 16.6. The standard InChI is InChI=1S/C22H27BrClNO2/c1-14-11-17(12-15(2)21(14)24)27-10-6-7-20(26)25-19-9-8-16(13-18(19)23)22(3,4)5/h8-9,11-13H,6-7,10H2,1-5H3,(H,25,26). The van der Waals surface area contributed by atoms with E-state index in [2.05, 4.69) is 54.2 Å². The first kappa shape index (κ1) is 21.8. The van der Waals surface area contributed by atoms with E-state index in [0.717, 1.165) is 32.1 Å². The molecule has 1 N–H and O–H groups in total. The molecule has 0 aliphatic heterocycles. The van der Waals surface area contributed by atoms with Gasteiger partial charge in [0.25, 0.3) is 0 Å². The number of carbonyl (C=O) groups is 1. The van der Waals surface area contributed by atoms with Gasteiger partial charge < -0.3 is 10.1 Å². The van der Waals surface area contributed by atoms with Crippen LogP contribution in [0.1, 0.15) is 50.3 Å². The van der Waals surface area contributed by atoms with Gasteiger partial charge in [0.1, 0.15) is 5.75 Å². The molecule has 0 bridgehead atoms. The highest BCUT2D eigenvalue weighted by atomic mass is 79.9. The first-order valence-electron chi connectivity index (χ1n) is 9.07. The van der Waals surface area contributed by atoms with Crippen molar-refractivity contribution in [3.05, 3.63) is 56.5 Å². The maximum Gasteiger partial charge on any atom is 0.224 e. The molecule has 0 unspecified atom stereocenters. The number of nitrogens with one attached hydrogen (secondary N) is 1. The second kappa shape index (κ2) is 9.11. The third-order valence-corrected chi connectivity index (χ3v) is 5.59. The van der Waals surface area contributed by atoms with Gasteiger partial charge in [0, 0.05) is 15.9 Å². The van der Waals surface area contributed by atoms with Gasteiger partial charge in [-0.3, -0.25) is 4.79 Å². The van der Waals surface area contributed by atoms with Gasteiger partial charge >= 0.3 is 0 Å². The largest absolute Gasteiger partial charge is 0.494 e. The Morgan fingerprint density at radius 3 is 2.33 bits per heavy atom. The van der Waals surface area contributed by atoms with Crippen LogP contribution in [0.25, 0.3) is 0 Å². The van der Waals surface area contributed by atoms with Crippen molar-refractivity contribution in [1.82, 2.24) is 0 Å². The predicted molar refractivity (Wildman–Crippen MR) is 117 cm³/mol. The average molecular weight is 453 g/mol. The first-order valence-corrected chi connectivity index (χ1v) is 10.2. The maximum atomic E-state index is 12.2. The highest BCUT2D eigenvalue weighted by Crippen LogP contribution is 2.30. The summed E-state index contributed by atoms with van der Waals surface area (Å²) in [5.41, 5.74) is 4.06. The Bertz CT molecular complexity index is 805. The molecule has 146 valence electrons. The molecule has 0 saturated heterocycles. The van der Waals surface area contributed by atoms with Crippen molar-refractivity contribution in [2.75, 3.05) is 11.9 Å². The molecule has 0 aliphatic rings. The number of aryl methyl sites for hydroxylation is 2. The predicted octanol–water partition coefficient (Wildman–Crippen LogP) is 6.81. The zero-order valence-corrected chi connectivity index (χ0v) is 18.9. The van der Waals surface area contributed by atoms with Crippen molar-refractivity contribution in [1.29, 1.82) is 0 Å². The zero-order chi connectivity index (χ0) is 20.2. The van der Waals surface area contributed by atoms with Crippen molar-refractivity contribution in [3.63, 3.8) is 0 Å². The van der Waals surface area contributed by atoms with Crippen LogP contribution in [0.5, 0.6) is 5.75 Å². The topological polar surface area (TPSA) is 38.3 Å². The Labute approximate surface area is 175 Å². The molecule has 3 nitrogen and oxygen atoms in total. The monoisotopic (exact) mass is 451 g/mol. The summed E-state index contributed by atoms with van der Waals surface area (Å²) in [4.78, 5) is 12.2. The molecule has 2 aromatic carbocycles. The molecule has 0 aliphatic carbocycles. The lowest BCUT2D eigenvalue weighted by molar-refractivity contribution is -0.116. The first-order chi connectivity index (χ1) is 12.6. The fourth-order valence-corrected chi connectivity index (χ4v) is 3.29. The molecule has 0 heterocycles. The molecule has 1 amide bonds. The molecule has 0 radical (unpaired) electrons. The highest BCUT2D eigenvalue weighted by molar-refractivity contribution is 9.10. The number of hydrogen-bond donors (Lipinski definition) is 1. The quantitative estimate of drug-likeness (QED) is 0.489. The maximum absolute atomic E-state index is 12.2. The van der Waals surface area contributed by atoms with E-state index in [4.69, 9.17) is 16.3 Å². The van der Waals surface area contributed by atoms with Gasteiger partial charge in [0.05, 0.1) is 12.3 Å². The third-order valence-electron chi connectivity index (χ3n) is 4.34. The second-order valence-corrected chi connectivity index (χ2v) is 9.05. The SMILES string of the molecule is Cc1cc(OCCCC(=O)Nc2ccc(C(C)(C)C)cc2Br)cc(C)c1Cl. The number of amides is 1. The van der Waals surface area contributed by atoms with Crippen LogP contribution in [-0.4, -0.2) is 12.5 Å². The normalized spacial score (nSPS) is 11.4. The lowest BCUT2D eigenvalue weighted by Crippen LogP contribution is -2.15. The fraction of sp³-hybridized carbons (Fsp3) is 0.409. The summed E-state index contributed by atoms with van der Waals surface area (Å²) in [7, 11) is 0. The fourth-order valence-electron chi connectivity index (χ4n) is 2.71. The van der Waals surface area contributed by atoms with Crippen molar-refractivity contribution in [2.45, 2.75) is 52.9 Å². The Balaban J connectivity index is 1.83. The third kappa shape index (κ3) is 6.25. The van der Waals surface area contributed by atoms with E-state index in [1.807, 2.05) is 32.0 Å². The molecule has 27 heavy (non-hydrogen) atoms.